The van der Waals surface area contributed by atoms with E-state index in [2.05, 4.69) is 62.0 Å². The topological polar surface area (TPSA) is 26.0 Å². The van der Waals surface area contributed by atoms with E-state index in [1.165, 1.54) is 41.9 Å². The lowest BCUT2D eigenvalue weighted by atomic mass is 10.2. The third kappa shape index (κ3) is 3.53. The maximum absolute atomic E-state index is 5.87. The van der Waals surface area contributed by atoms with E-state index in [4.69, 9.17) is 17.3 Å². The first kappa shape index (κ1) is 17.3. The summed E-state index contributed by atoms with van der Waals surface area (Å²) in [5.74, 6) is 1.76. The number of hydrogen-bond acceptors (Lipinski definition) is 4. The molecular weight excluding hydrogens is 372 g/mol. The Morgan fingerprint density at radius 3 is 2.67 bits per heavy atom. The highest BCUT2D eigenvalue weighted by Crippen LogP contribution is 2.40. The number of benzene rings is 1. The molecule has 0 amide bonds. The van der Waals surface area contributed by atoms with Gasteiger partial charge in [0.15, 0.2) is 4.77 Å². The van der Waals surface area contributed by atoms with Crippen molar-refractivity contribution in [2.75, 3.05) is 6.54 Å². The second-order valence-electron chi connectivity index (χ2n) is 7.61. The van der Waals surface area contributed by atoms with Gasteiger partial charge >= 0.3 is 0 Å². The third-order valence-corrected chi connectivity index (χ3v) is 7.03. The fourth-order valence-electron chi connectivity index (χ4n) is 4.08. The molecule has 0 unspecified atom stereocenters. The molecule has 4 nitrogen and oxygen atoms in total. The number of rotatable bonds is 6. The van der Waals surface area contributed by atoms with Gasteiger partial charge in [-0.2, -0.15) is 5.10 Å². The number of nitrogens with zero attached hydrogens (tertiary/aromatic N) is 4. The Morgan fingerprint density at radius 1 is 1.07 bits per heavy atom. The summed E-state index contributed by atoms with van der Waals surface area (Å²) < 4.78 is 5.19. The molecule has 2 aromatic heterocycles. The lowest BCUT2D eigenvalue weighted by Gasteiger charge is -2.23. The summed E-state index contributed by atoms with van der Waals surface area (Å²) in [6.07, 6.45) is 4.95. The van der Waals surface area contributed by atoms with Gasteiger partial charge in [-0.1, -0.05) is 36.4 Å². The molecule has 1 aliphatic carbocycles. The second-order valence-corrected chi connectivity index (χ2v) is 8.96. The van der Waals surface area contributed by atoms with Crippen molar-refractivity contribution in [3.8, 4) is 0 Å². The average Bonchev–Trinajstić information content (AvgIpc) is 3.07. The van der Waals surface area contributed by atoms with Crippen LogP contribution in [0.25, 0.3) is 0 Å². The van der Waals surface area contributed by atoms with Crippen LogP contribution in [0.15, 0.2) is 47.8 Å². The van der Waals surface area contributed by atoms with Crippen LogP contribution in [-0.2, 0) is 13.2 Å². The molecule has 1 saturated carbocycles. The first-order valence-electron chi connectivity index (χ1n) is 9.78. The number of likely N-dealkylation sites (tertiary alicyclic amines) is 1. The van der Waals surface area contributed by atoms with E-state index in [0.717, 1.165) is 24.5 Å². The van der Waals surface area contributed by atoms with Crippen molar-refractivity contribution in [1.82, 2.24) is 19.2 Å². The molecule has 27 heavy (non-hydrogen) atoms. The molecule has 6 heteroatoms. The molecular formula is C21H24N4S2. The highest BCUT2D eigenvalue weighted by Gasteiger charge is 2.32. The van der Waals surface area contributed by atoms with E-state index in [-0.39, 0.29) is 0 Å². The van der Waals surface area contributed by atoms with Crippen molar-refractivity contribution in [1.29, 1.82) is 0 Å². The number of aromatic nitrogens is 3. The van der Waals surface area contributed by atoms with E-state index in [9.17, 15) is 0 Å². The molecule has 3 aromatic rings. The van der Waals surface area contributed by atoms with Gasteiger partial charge in [0.25, 0.3) is 0 Å². The van der Waals surface area contributed by atoms with Gasteiger partial charge in [-0.3, -0.25) is 9.47 Å². The zero-order valence-electron chi connectivity index (χ0n) is 15.3. The average molecular weight is 397 g/mol. The lowest BCUT2D eigenvalue weighted by Crippen LogP contribution is -2.26. The van der Waals surface area contributed by atoms with E-state index in [1.807, 2.05) is 11.3 Å². The third-order valence-electron chi connectivity index (χ3n) is 5.63. The van der Waals surface area contributed by atoms with Crippen molar-refractivity contribution in [2.45, 2.75) is 50.9 Å². The van der Waals surface area contributed by atoms with Crippen LogP contribution in [0, 0.1) is 4.77 Å². The molecule has 0 radical (unpaired) electrons. The van der Waals surface area contributed by atoms with Gasteiger partial charge in [-0.05, 0) is 54.9 Å². The standard InChI is InChI=1S/C21H24N4S2/c26-21-24(14-16-6-2-1-3-7-16)20(17-10-11-17)22-25(21)15-23-12-4-8-18(23)19-9-5-13-27-19/h1-3,5-7,9,13,17-18H,4,8,10-12,14-15H2/t18-/m0/s1. The Bertz CT molecular complexity index is 954. The highest BCUT2D eigenvalue weighted by molar-refractivity contribution is 7.71. The monoisotopic (exact) mass is 396 g/mol. The molecule has 0 spiro atoms. The first-order chi connectivity index (χ1) is 13.3. The molecule has 2 fully saturated rings. The van der Waals surface area contributed by atoms with Gasteiger partial charge in [0.2, 0.25) is 0 Å². The van der Waals surface area contributed by atoms with Crippen LogP contribution in [0.3, 0.4) is 0 Å². The summed E-state index contributed by atoms with van der Waals surface area (Å²) in [6, 6.07) is 15.5. The smallest absolute Gasteiger partial charge is 0.199 e. The zero-order valence-corrected chi connectivity index (χ0v) is 17.0. The lowest BCUT2D eigenvalue weighted by molar-refractivity contribution is 0.191. The van der Waals surface area contributed by atoms with Crippen molar-refractivity contribution in [3.05, 3.63) is 68.9 Å². The minimum atomic E-state index is 0.510. The summed E-state index contributed by atoms with van der Waals surface area (Å²) in [7, 11) is 0. The molecule has 1 atom stereocenters. The van der Waals surface area contributed by atoms with E-state index >= 15 is 0 Å². The minimum Gasteiger partial charge on any atom is -0.299 e. The first-order valence-corrected chi connectivity index (χ1v) is 11.1. The van der Waals surface area contributed by atoms with E-state index in [1.54, 1.807) is 0 Å². The van der Waals surface area contributed by atoms with Gasteiger partial charge in [0.1, 0.15) is 5.82 Å². The summed E-state index contributed by atoms with van der Waals surface area (Å²) in [4.78, 5) is 4.00. The molecule has 1 aromatic carbocycles. The Morgan fingerprint density at radius 2 is 1.93 bits per heavy atom. The van der Waals surface area contributed by atoms with E-state index in [0.29, 0.717) is 12.0 Å². The molecule has 1 saturated heterocycles. The van der Waals surface area contributed by atoms with Gasteiger partial charge in [0.05, 0.1) is 13.2 Å². The van der Waals surface area contributed by atoms with Crippen molar-refractivity contribution >= 4 is 23.6 Å². The Kier molecular flexibility index (Phi) is 4.71. The molecule has 0 bridgehead atoms. The van der Waals surface area contributed by atoms with Crippen molar-refractivity contribution in [2.24, 2.45) is 0 Å². The number of thiophene rings is 1. The van der Waals surface area contributed by atoms with Crippen LogP contribution in [0.1, 0.15) is 53.9 Å². The second kappa shape index (κ2) is 7.34. The summed E-state index contributed by atoms with van der Waals surface area (Å²) in [6.45, 7) is 2.73. The van der Waals surface area contributed by atoms with Crippen LogP contribution in [-0.4, -0.2) is 25.8 Å². The van der Waals surface area contributed by atoms with Crippen molar-refractivity contribution in [3.63, 3.8) is 0 Å². The van der Waals surface area contributed by atoms with Gasteiger partial charge in [-0.15, -0.1) is 11.3 Å². The maximum Gasteiger partial charge on any atom is 0.199 e. The van der Waals surface area contributed by atoms with E-state index < -0.39 is 0 Å². The quantitative estimate of drug-likeness (QED) is 0.536. The fourth-order valence-corrected chi connectivity index (χ4v) is 5.23. The predicted octanol–water partition coefficient (Wildman–Crippen LogP) is 5.20. The van der Waals surface area contributed by atoms with Crippen molar-refractivity contribution < 1.29 is 0 Å². The van der Waals surface area contributed by atoms with Crippen LogP contribution < -0.4 is 0 Å². The summed E-state index contributed by atoms with van der Waals surface area (Å²) in [5.41, 5.74) is 1.28. The van der Waals surface area contributed by atoms with Gasteiger partial charge in [-0.25, -0.2) is 4.68 Å². The normalized spacial score (nSPS) is 20.4. The Labute approximate surface area is 169 Å². The minimum absolute atomic E-state index is 0.510. The Balaban J connectivity index is 1.43. The molecule has 140 valence electrons. The summed E-state index contributed by atoms with van der Waals surface area (Å²) >= 11 is 7.73. The summed E-state index contributed by atoms with van der Waals surface area (Å²) in [5, 5.41) is 7.16. The molecule has 5 rings (SSSR count). The molecule has 2 aliphatic rings. The zero-order chi connectivity index (χ0) is 18.2. The molecule has 1 aliphatic heterocycles. The predicted molar refractivity (Wildman–Crippen MR) is 112 cm³/mol. The molecule has 3 heterocycles. The number of hydrogen-bond donors (Lipinski definition) is 0. The van der Waals surface area contributed by atoms with Crippen LogP contribution >= 0.6 is 23.6 Å². The maximum atomic E-state index is 5.87. The van der Waals surface area contributed by atoms with Crippen LogP contribution in [0.5, 0.6) is 0 Å². The Hall–Kier alpha value is -1.76. The van der Waals surface area contributed by atoms with Gasteiger partial charge in [0, 0.05) is 23.4 Å². The SMILES string of the molecule is S=c1n(CN2CCC[C@H]2c2cccs2)nc(C2CC2)n1Cc1ccccc1. The molecule has 0 N–H and O–H groups in total. The van der Waals surface area contributed by atoms with Crippen LogP contribution in [0.4, 0.5) is 0 Å². The van der Waals surface area contributed by atoms with Crippen LogP contribution in [0.2, 0.25) is 0 Å². The van der Waals surface area contributed by atoms with Gasteiger partial charge < -0.3 is 0 Å². The highest BCUT2D eigenvalue weighted by atomic mass is 32.1. The largest absolute Gasteiger partial charge is 0.299 e. The fraction of sp³-hybridized carbons (Fsp3) is 0.429.